The smallest absolute Gasteiger partial charge is 0.310 e. The SMILES string of the molecule is COC(=O)C1CN(S(=O)(=O)c2ccc(Cl)cc2F)CC1C. The van der Waals surface area contributed by atoms with Gasteiger partial charge in [-0.05, 0) is 24.1 Å². The fourth-order valence-corrected chi connectivity index (χ4v) is 4.17. The molecule has 0 radical (unpaired) electrons. The van der Waals surface area contributed by atoms with Crippen LogP contribution in [0.4, 0.5) is 4.39 Å². The maximum absolute atomic E-state index is 13.8. The van der Waals surface area contributed by atoms with Crippen molar-refractivity contribution in [3.05, 3.63) is 29.0 Å². The zero-order valence-corrected chi connectivity index (χ0v) is 13.1. The molecule has 1 aromatic rings. The molecule has 0 saturated carbocycles. The van der Waals surface area contributed by atoms with Crippen LogP contribution in [-0.2, 0) is 19.6 Å². The number of carbonyl (C=O) groups excluding carboxylic acids is 1. The van der Waals surface area contributed by atoms with Crippen molar-refractivity contribution in [3.8, 4) is 0 Å². The minimum atomic E-state index is -4.00. The van der Waals surface area contributed by atoms with E-state index in [-0.39, 0.29) is 24.0 Å². The molecule has 2 atom stereocenters. The molecule has 0 bridgehead atoms. The summed E-state index contributed by atoms with van der Waals surface area (Å²) in [6, 6.07) is 3.39. The largest absolute Gasteiger partial charge is 0.469 e. The molecule has 0 amide bonds. The first-order valence-electron chi connectivity index (χ1n) is 6.30. The lowest BCUT2D eigenvalue weighted by Gasteiger charge is -2.16. The van der Waals surface area contributed by atoms with Crippen molar-refractivity contribution < 1.29 is 22.3 Å². The van der Waals surface area contributed by atoms with Gasteiger partial charge in [0.25, 0.3) is 0 Å². The summed E-state index contributed by atoms with van der Waals surface area (Å²) >= 11 is 5.62. The van der Waals surface area contributed by atoms with Gasteiger partial charge in [-0.15, -0.1) is 0 Å². The lowest BCUT2D eigenvalue weighted by atomic mass is 9.99. The monoisotopic (exact) mass is 335 g/mol. The average molecular weight is 336 g/mol. The van der Waals surface area contributed by atoms with E-state index in [1.807, 2.05) is 0 Å². The number of benzene rings is 1. The van der Waals surface area contributed by atoms with Gasteiger partial charge in [0.1, 0.15) is 10.7 Å². The van der Waals surface area contributed by atoms with Gasteiger partial charge in [0.2, 0.25) is 10.0 Å². The fraction of sp³-hybridized carbons (Fsp3) is 0.462. The zero-order valence-electron chi connectivity index (χ0n) is 11.5. The second kappa shape index (κ2) is 5.90. The first-order valence-corrected chi connectivity index (χ1v) is 8.12. The molecule has 0 aromatic heterocycles. The molecule has 0 aliphatic carbocycles. The number of hydrogen-bond acceptors (Lipinski definition) is 4. The number of hydrogen-bond donors (Lipinski definition) is 0. The molecular formula is C13H15ClFNO4S. The van der Waals surface area contributed by atoms with Gasteiger partial charge in [-0.1, -0.05) is 18.5 Å². The van der Waals surface area contributed by atoms with Gasteiger partial charge in [-0.3, -0.25) is 4.79 Å². The van der Waals surface area contributed by atoms with Crippen LogP contribution >= 0.6 is 11.6 Å². The molecule has 1 aromatic carbocycles. The van der Waals surface area contributed by atoms with Crippen LogP contribution in [0, 0.1) is 17.7 Å². The Hall–Kier alpha value is -1.18. The summed E-state index contributed by atoms with van der Waals surface area (Å²) in [7, 11) is -2.75. The van der Waals surface area contributed by atoms with Crippen LogP contribution in [0.2, 0.25) is 5.02 Å². The van der Waals surface area contributed by atoms with E-state index in [4.69, 9.17) is 11.6 Å². The quantitative estimate of drug-likeness (QED) is 0.792. The van der Waals surface area contributed by atoms with Crippen LogP contribution in [0.3, 0.4) is 0 Å². The molecule has 116 valence electrons. The minimum absolute atomic E-state index is 0.0156. The van der Waals surface area contributed by atoms with E-state index < -0.39 is 32.6 Å². The van der Waals surface area contributed by atoms with E-state index in [9.17, 15) is 17.6 Å². The Bertz CT molecular complexity index is 664. The third-order valence-electron chi connectivity index (χ3n) is 3.59. The van der Waals surface area contributed by atoms with Crippen LogP contribution in [0.1, 0.15) is 6.92 Å². The highest BCUT2D eigenvalue weighted by Gasteiger charge is 2.41. The molecule has 1 saturated heterocycles. The summed E-state index contributed by atoms with van der Waals surface area (Å²) in [4.78, 5) is 11.2. The van der Waals surface area contributed by atoms with Gasteiger partial charge >= 0.3 is 5.97 Å². The van der Waals surface area contributed by atoms with E-state index in [2.05, 4.69) is 4.74 Å². The minimum Gasteiger partial charge on any atom is -0.469 e. The van der Waals surface area contributed by atoms with Crippen molar-refractivity contribution >= 4 is 27.6 Å². The van der Waals surface area contributed by atoms with Gasteiger partial charge in [-0.2, -0.15) is 4.31 Å². The number of ether oxygens (including phenoxy) is 1. The first kappa shape index (κ1) is 16.2. The Labute approximate surface area is 127 Å². The lowest BCUT2D eigenvalue weighted by Crippen LogP contribution is -2.31. The Morgan fingerprint density at radius 3 is 2.67 bits per heavy atom. The molecule has 5 nitrogen and oxygen atoms in total. The molecule has 1 heterocycles. The Morgan fingerprint density at radius 2 is 2.10 bits per heavy atom. The molecule has 8 heteroatoms. The van der Waals surface area contributed by atoms with Gasteiger partial charge < -0.3 is 4.74 Å². The number of methoxy groups -OCH3 is 1. The van der Waals surface area contributed by atoms with Crippen molar-refractivity contribution in [1.29, 1.82) is 0 Å². The molecule has 2 unspecified atom stereocenters. The van der Waals surface area contributed by atoms with E-state index >= 15 is 0 Å². The maximum Gasteiger partial charge on any atom is 0.310 e. The molecule has 0 N–H and O–H groups in total. The predicted molar refractivity (Wildman–Crippen MR) is 74.8 cm³/mol. The Balaban J connectivity index is 2.31. The van der Waals surface area contributed by atoms with E-state index in [0.717, 1.165) is 16.4 Å². The standard InChI is InChI=1S/C13H15ClFNO4S/c1-8-6-16(7-10(8)13(17)20-2)21(18,19)12-4-3-9(14)5-11(12)15/h3-5,8,10H,6-7H2,1-2H3. The number of rotatable bonds is 3. The molecule has 0 spiro atoms. The summed E-state index contributed by atoms with van der Waals surface area (Å²) < 4.78 is 44.5. The zero-order chi connectivity index (χ0) is 15.8. The van der Waals surface area contributed by atoms with Crippen molar-refractivity contribution in [1.82, 2.24) is 4.31 Å². The second-order valence-corrected chi connectivity index (χ2v) is 7.35. The molecule has 21 heavy (non-hydrogen) atoms. The number of sulfonamides is 1. The number of esters is 1. The number of halogens is 2. The summed E-state index contributed by atoms with van der Waals surface area (Å²) in [5.41, 5.74) is 0. The Morgan fingerprint density at radius 1 is 1.43 bits per heavy atom. The predicted octanol–water partition coefficient (Wildman–Crippen LogP) is 1.91. The van der Waals surface area contributed by atoms with Crippen molar-refractivity contribution in [2.24, 2.45) is 11.8 Å². The molecule has 2 rings (SSSR count). The van der Waals surface area contributed by atoms with Crippen LogP contribution < -0.4 is 0 Å². The molecular weight excluding hydrogens is 321 g/mol. The maximum atomic E-state index is 13.8. The molecule has 1 aliphatic rings. The van der Waals surface area contributed by atoms with E-state index in [1.165, 1.54) is 13.2 Å². The average Bonchev–Trinajstić information content (AvgIpc) is 2.80. The summed E-state index contributed by atoms with van der Waals surface area (Å²) in [6.45, 7) is 1.89. The van der Waals surface area contributed by atoms with Crippen molar-refractivity contribution in [2.45, 2.75) is 11.8 Å². The van der Waals surface area contributed by atoms with E-state index in [1.54, 1.807) is 6.92 Å². The van der Waals surface area contributed by atoms with Crippen LogP contribution in [0.5, 0.6) is 0 Å². The third kappa shape index (κ3) is 3.04. The second-order valence-electron chi connectivity index (χ2n) is 5.00. The third-order valence-corrected chi connectivity index (χ3v) is 5.69. The van der Waals surface area contributed by atoms with Gasteiger partial charge in [0, 0.05) is 18.1 Å². The Kier molecular flexibility index (Phi) is 4.55. The van der Waals surface area contributed by atoms with Crippen molar-refractivity contribution in [3.63, 3.8) is 0 Å². The molecule has 1 fully saturated rings. The number of nitrogens with zero attached hydrogens (tertiary/aromatic N) is 1. The summed E-state index contributed by atoms with van der Waals surface area (Å²) in [5.74, 6) is -2.10. The fourth-order valence-electron chi connectivity index (χ4n) is 2.40. The normalized spacial score (nSPS) is 23.2. The highest BCUT2D eigenvalue weighted by molar-refractivity contribution is 7.89. The highest BCUT2D eigenvalue weighted by Crippen LogP contribution is 2.30. The highest BCUT2D eigenvalue weighted by atomic mass is 35.5. The first-order chi connectivity index (χ1) is 9.77. The molecule has 1 aliphatic heterocycles. The van der Waals surface area contributed by atoms with E-state index in [0.29, 0.717) is 0 Å². The summed E-state index contributed by atoms with van der Waals surface area (Å²) in [5, 5.41) is 0.119. The summed E-state index contributed by atoms with van der Waals surface area (Å²) in [6.07, 6.45) is 0. The van der Waals surface area contributed by atoms with Gasteiger partial charge in [0.05, 0.1) is 13.0 Å². The van der Waals surface area contributed by atoms with Crippen molar-refractivity contribution in [2.75, 3.05) is 20.2 Å². The van der Waals surface area contributed by atoms with Crippen LogP contribution in [-0.4, -0.2) is 38.9 Å². The number of carbonyl (C=O) groups is 1. The van der Waals surface area contributed by atoms with Crippen LogP contribution in [0.25, 0.3) is 0 Å². The van der Waals surface area contributed by atoms with Crippen LogP contribution in [0.15, 0.2) is 23.1 Å². The van der Waals surface area contributed by atoms with Gasteiger partial charge in [-0.25, -0.2) is 12.8 Å². The lowest BCUT2D eigenvalue weighted by molar-refractivity contribution is -0.145. The van der Waals surface area contributed by atoms with Gasteiger partial charge in [0.15, 0.2) is 0 Å². The topological polar surface area (TPSA) is 63.7 Å².